The van der Waals surface area contributed by atoms with Gasteiger partial charge in [-0.25, -0.2) is 0 Å². The maximum absolute atomic E-state index is 5.61. The molecule has 0 amide bonds. The minimum Gasteiger partial charge on any atom is -0.329 e. The molecule has 0 aromatic heterocycles. The molecule has 0 aliphatic heterocycles. The minimum atomic E-state index is 0.451. The second-order valence-corrected chi connectivity index (χ2v) is 3.45. The summed E-state index contributed by atoms with van der Waals surface area (Å²) >= 11 is 0. The molecule has 0 saturated heterocycles. The molecule has 0 saturated carbocycles. The van der Waals surface area contributed by atoms with Gasteiger partial charge in [0.05, 0.1) is 0 Å². The molecule has 3 nitrogen and oxygen atoms in total. The van der Waals surface area contributed by atoms with E-state index in [4.69, 9.17) is 5.73 Å². The zero-order valence-corrected chi connectivity index (χ0v) is 8.64. The van der Waals surface area contributed by atoms with Crippen molar-refractivity contribution in [1.82, 2.24) is 10.4 Å². The van der Waals surface area contributed by atoms with Gasteiger partial charge in [0.25, 0.3) is 0 Å². The van der Waals surface area contributed by atoms with E-state index in [0.29, 0.717) is 6.04 Å². The summed E-state index contributed by atoms with van der Waals surface area (Å²) in [7, 11) is 4.00. The number of nitrogens with one attached hydrogen (secondary N) is 1. The lowest BCUT2D eigenvalue weighted by Gasteiger charge is -2.21. The molecule has 0 aromatic carbocycles. The fourth-order valence-electron chi connectivity index (χ4n) is 1.24. The van der Waals surface area contributed by atoms with Gasteiger partial charge in [-0.2, -0.15) is 0 Å². The van der Waals surface area contributed by atoms with Crippen molar-refractivity contribution in [3.8, 4) is 0 Å². The fraction of sp³-hybridized carbons (Fsp3) is 1.00. The topological polar surface area (TPSA) is 41.3 Å². The molecule has 0 aromatic rings. The maximum Gasteiger partial charge on any atom is 0.0337 e. The van der Waals surface area contributed by atoms with Crippen molar-refractivity contribution in [3.05, 3.63) is 0 Å². The minimum absolute atomic E-state index is 0.451. The standard InChI is InChI=1S/C9H23N3/c1-4-5-6-7-9(8-10)11-12(2)3/h9,11H,4-8,10H2,1-3H3. The normalized spacial score (nSPS) is 13.8. The third kappa shape index (κ3) is 6.58. The molecule has 3 N–H and O–H groups in total. The Labute approximate surface area is 76.3 Å². The molecule has 0 fully saturated rings. The molecule has 0 aliphatic carbocycles. The van der Waals surface area contributed by atoms with Gasteiger partial charge in [0.1, 0.15) is 0 Å². The lowest BCUT2D eigenvalue weighted by atomic mass is 10.1. The second-order valence-electron chi connectivity index (χ2n) is 3.45. The first-order chi connectivity index (χ1) is 5.70. The molecule has 12 heavy (non-hydrogen) atoms. The summed E-state index contributed by atoms with van der Waals surface area (Å²) in [6, 6.07) is 0.451. The van der Waals surface area contributed by atoms with Crippen LogP contribution < -0.4 is 11.2 Å². The summed E-state index contributed by atoms with van der Waals surface area (Å²) in [5.74, 6) is 0. The van der Waals surface area contributed by atoms with Crippen LogP contribution in [0.15, 0.2) is 0 Å². The first-order valence-corrected chi connectivity index (χ1v) is 4.84. The Morgan fingerprint density at radius 1 is 1.33 bits per heavy atom. The monoisotopic (exact) mass is 173 g/mol. The van der Waals surface area contributed by atoms with Crippen molar-refractivity contribution < 1.29 is 0 Å². The van der Waals surface area contributed by atoms with Crippen LogP contribution in [0.2, 0.25) is 0 Å². The summed E-state index contributed by atoms with van der Waals surface area (Å²) in [5.41, 5.74) is 8.91. The van der Waals surface area contributed by atoms with Gasteiger partial charge in [-0.15, -0.1) is 0 Å². The van der Waals surface area contributed by atoms with Gasteiger partial charge in [0.2, 0.25) is 0 Å². The average molecular weight is 173 g/mol. The molecule has 1 unspecified atom stereocenters. The van der Waals surface area contributed by atoms with Crippen molar-refractivity contribution in [2.75, 3.05) is 20.6 Å². The predicted octanol–water partition coefficient (Wildman–Crippen LogP) is 0.960. The van der Waals surface area contributed by atoms with Crippen LogP contribution >= 0.6 is 0 Å². The van der Waals surface area contributed by atoms with Crippen LogP contribution in [0.1, 0.15) is 32.6 Å². The van der Waals surface area contributed by atoms with Crippen molar-refractivity contribution in [3.63, 3.8) is 0 Å². The van der Waals surface area contributed by atoms with Gasteiger partial charge in [0.15, 0.2) is 0 Å². The van der Waals surface area contributed by atoms with E-state index in [1.807, 2.05) is 19.1 Å². The summed E-state index contributed by atoms with van der Waals surface area (Å²) in [4.78, 5) is 0. The van der Waals surface area contributed by atoms with Crippen LogP contribution in [0.5, 0.6) is 0 Å². The van der Waals surface area contributed by atoms with E-state index in [1.54, 1.807) is 0 Å². The van der Waals surface area contributed by atoms with Crippen molar-refractivity contribution in [2.45, 2.75) is 38.6 Å². The molecule has 0 aliphatic rings. The quantitative estimate of drug-likeness (QED) is 0.445. The first-order valence-electron chi connectivity index (χ1n) is 4.84. The van der Waals surface area contributed by atoms with Crippen molar-refractivity contribution >= 4 is 0 Å². The van der Waals surface area contributed by atoms with E-state index >= 15 is 0 Å². The number of nitrogens with zero attached hydrogens (tertiary/aromatic N) is 1. The SMILES string of the molecule is CCCCCC(CN)NN(C)C. The molecular weight excluding hydrogens is 150 g/mol. The molecule has 0 heterocycles. The Bertz CT molecular complexity index is 93.8. The Kier molecular flexibility index (Phi) is 7.45. The van der Waals surface area contributed by atoms with Crippen molar-refractivity contribution in [1.29, 1.82) is 0 Å². The molecule has 0 radical (unpaired) electrons. The molecule has 3 heteroatoms. The van der Waals surface area contributed by atoms with Crippen LogP contribution in [-0.4, -0.2) is 31.7 Å². The first kappa shape index (κ1) is 11.9. The highest BCUT2D eigenvalue weighted by Gasteiger charge is 2.05. The van der Waals surface area contributed by atoms with Gasteiger partial charge in [-0.1, -0.05) is 26.2 Å². The zero-order valence-electron chi connectivity index (χ0n) is 8.64. The summed E-state index contributed by atoms with van der Waals surface area (Å²) in [5, 5.41) is 1.98. The average Bonchev–Trinajstić information content (AvgIpc) is 2.02. The molecule has 0 bridgehead atoms. The van der Waals surface area contributed by atoms with E-state index in [1.165, 1.54) is 25.7 Å². The lowest BCUT2D eigenvalue weighted by molar-refractivity contribution is 0.234. The largest absolute Gasteiger partial charge is 0.329 e. The molecule has 1 atom stereocenters. The van der Waals surface area contributed by atoms with Gasteiger partial charge < -0.3 is 5.73 Å². The lowest BCUT2D eigenvalue weighted by Crippen LogP contribution is -2.44. The third-order valence-corrected chi connectivity index (χ3v) is 1.88. The number of unbranched alkanes of at least 4 members (excludes halogenated alkanes) is 2. The number of hydrogen-bond donors (Lipinski definition) is 2. The summed E-state index contributed by atoms with van der Waals surface area (Å²) in [6.07, 6.45) is 5.05. The second kappa shape index (κ2) is 7.53. The Balaban J connectivity index is 3.39. The number of rotatable bonds is 7. The summed E-state index contributed by atoms with van der Waals surface area (Å²) in [6.45, 7) is 2.94. The number of nitrogens with two attached hydrogens (primary N) is 1. The third-order valence-electron chi connectivity index (χ3n) is 1.88. The number of hydrazine groups is 1. The van der Waals surface area contributed by atoms with E-state index in [9.17, 15) is 0 Å². The Morgan fingerprint density at radius 3 is 2.42 bits per heavy atom. The van der Waals surface area contributed by atoms with Gasteiger partial charge in [-0.3, -0.25) is 10.4 Å². The highest BCUT2D eigenvalue weighted by Crippen LogP contribution is 2.02. The zero-order chi connectivity index (χ0) is 9.40. The molecule has 74 valence electrons. The highest BCUT2D eigenvalue weighted by atomic mass is 15.5. The van der Waals surface area contributed by atoms with Crippen LogP contribution in [0, 0.1) is 0 Å². The Hall–Kier alpha value is -0.120. The molecular formula is C9H23N3. The van der Waals surface area contributed by atoms with Gasteiger partial charge in [-0.05, 0) is 6.42 Å². The van der Waals surface area contributed by atoms with Crippen LogP contribution in [0.3, 0.4) is 0 Å². The van der Waals surface area contributed by atoms with E-state index < -0.39 is 0 Å². The van der Waals surface area contributed by atoms with E-state index in [2.05, 4.69) is 12.3 Å². The fourth-order valence-corrected chi connectivity index (χ4v) is 1.24. The number of hydrogen-bond acceptors (Lipinski definition) is 3. The van der Waals surface area contributed by atoms with Crippen LogP contribution in [0.25, 0.3) is 0 Å². The Morgan fingerprint density at radius 2 is 2.00 bits per heavy atom. The molecule has 0 rings (SSSR count). The molecule has 0 spiro atoms. The van der Waals surface area contributed by atoms with Crippen LogP contribution in [0.4, 0.5) is 0 Å². The summed E-state index contributed by atoms with van der Waals surface area (Å²) < 4.78 is 0. The maximum atomic E-state index is 5.61. The highest BCUT2D eigenvalue weighted by molar-refractivity contribution is 4.64. The van der Waals surface area contributed by atoms with Gasteiger partial charge >= 0.3 is 0 Å². The van der Waals surface area contributed by atoms with E-state index in [0.717, 1.165) is 6.54 Å². The smallest absolute Gasteiger partial charge is 0.0337 e. The predicted molar refractivity (Wildman–Crippen MR) is 53.8 cm³/mol. The van der Waals surface area contributed by atoms with E-state index in [-0.39, 0.29) is 0 Å². The van der Waals surface area contributed by atoms with Gasteiger partial charge in [0, 0.05) is 26.7 Å². The van der Waals surface area contributed by atoms with Crippen LogP contribution in [-0.2, 0) is 0 Å². The van der Waals surface area contributed by atoms with Crippen molar-refractivity contribution in [2.24, 2.45) is 5.73 Å².